The molecule has 2 aromatic rings. The molecule has 0 aromatic heterocycles. The SMILES string of the molecule is Fc1ccc(-c2cc3c4c(c2)[C@H]2CNCC[C@H]2N4CCCS3)cc1. The van der Waals surface area contributed by atoms with Crippen LogP contribution in [0.1, 0.15) is 24.3 Å². The predicted octanol–water partition coefficient (Wildman–Crippen LogP) is 4.25. The molecule has 3 heterocycles. The molecule has 2 atom stereocenters. The highest BCUT2D eigenvalue weighted by Gasteiger charge is 2.41. The highest BCUT2D eigenvalue weighted by Crippen LogP contribution is 2.51. The lowest BCUT2D eigenvalue weighted by Crippen LogP contribution is -2.44. The van der Waals surface area contributed by atoms with E-state index in [1.54, 1.807) is 12.1 Å². The molecule has 3 aliphatic heterocycles. The number of nitrogens with zero attached hydrogens (tertiary/aromatic N) is 1. The summed E-state index contributed by atoms with van der Waals surface area (Å²) in [5.41, 5.74) is 5.32. The van der Waals surface area contributed by atoms with E-state index in [-0.39, 0.29) is 5.82 Å². The molecule has 1 N–H and O–H groups in total. The van der Waals surface area contributed by atoms with Gasteiger partial charge < -0.3 is 10.2 Å². The first kappa shape index (κ1) is 14.8. The van der Waals surface area contributed by atoms with Gasteiger partial charge in [0.1, 0.15) is 5.82 Å². The first-order valence-electron chi connectivity index (χ1n) is 8.85. The van der Waals surface area contributed by atoms with Gasteiger partial charge in [-0.3, -0.25) is 0 Å². The van der Waals surface area contributed by atoms with Gasteiger partial charge in [0.05, 0.1) is 5.69 Å². The summed E-state index contributed by atoms with van der Waals surface area (Å²) in [5, 5.41) is 3.58. The van der Waals surface area contributed by atoms with Gasteiger partial charge in [-0.2, -0.15) is 0 Å². The highest BCUT2D eigenvalue weighted by atomic mass is 32.2. The van der Waals surface area contributed by atoms with Gasteiger partial charge >= 0.3 is 0 Å². The molecule has 4 heteroatoms. The second-order valence-electron chi connectivity index (χ2n) is 6.98. The van der Waals surface area contributed by atoms with Crippen LogP contribution in [0.2, 0.25) is 0 Å². The van der Waals surface area contributed by atoms with E-state index < -0.39 is 0 Å². The van der Waals surface area contributed by atoms with Gasteiger partial charge in [0.2, 0.25) is 0 Å². The number of thioether (sulfide) groups is 1. The number of rotatable bonds is 1. The fourth-order valence-corrected chi connectivity index (χ4v) is 5.61. The van der Waals surface area contributed by atoms with Crippen molar-refractivity contribution in [3.8, 4) is 11.1 Å². The largest absolute Gasteiger partial charge is 0.367 e. The molecule has 1 fully saturated rings. The summed E-state index contributed by atoms with van der Waals surface area (Å²) in [6, 6.07) is 12.3. The quantitative estimate of drug-likeness (QED) is 0.835. The molecule has 0 saturated carbocycles. The Bertz CT molecular complexity index is 774. The van der Waals surface area contributed by atoms with E-state index in [4.69, 9.17) is 0 Å². The molecule has 0 spiro atoms. The molecule has 2 nitrogen and oxygen atoms in total. The molecule has 2 aromatic carbocycles. The number of hydrogen-bond acceptors (Lipinski definition) is 3. The first-order chi connectivity index (χ1) is 11.8. The summed E-state index contributed by atoms with van der Waals surface area (Å²) in [7, 11) is 0. The Hall–Kier alpha value is -1.52. The number of nitrogens with one attached hydrogen (secondary N) is 1. The molecule has 0 radical (unpaired) electrons. The molecule has 3 aliphatic rings. The van der Waals surface area contributed by atoms with Crippen molar-refractivity contribution in [1.82, 2.24) is 5.32 Å². The number of benzene rings is 2. The summed E-state index contributed by atoms with van der Waals surface area (Å²) < 4.78 is 13.3. The van der Waals surface area contributed by atoms with Crippen molar-refractivity contribution in [2.45, 2.75) is 29.7 Å². The van der Waals surface area contributed by atoms with Gasteiger partial charge in [0, 0.05) is 29.9 Å². The zero-order valence-corrected chi connectivity index (χ0v) is 14.4. The molecule has 5 rings (SSSR count). The lowest BCUT2D eigenvalue weighted by atomic mass is 9.88. The Kier molecular flexibility index (Phi) is 3.56. The van der Waals surface area contributed by atoms with E-state index in [2.05, 4.69) is 22.3 Å². The van der Waals surface area contributed by atoms with Crippen LogP contribution in [-0.2, 0) is 0 Å². The summed E-state index contributed by atoms with van der Waals surface area (Å²) in [4.78, 5) is 4.10. The zero-order valence-electron chi connectivity index (χ0n) is 13.6. The Morgan fingerprint density at radius 3 is 2.88 bits per heavy atom. The van der Waals surface area contributed by atoms with Gasteiger partial charge in [-0.15, -0.1) is 11.8 Å². The van der Waals surface area contributed by atoms with Crippen molar-refractivity contribution < 1.29 is 4.39 Å². The van der Waals surface area contributed by atoms with E-state index in [1.807, 2.05) is 23.9 Å². The smallest absolute Gasteiger partial charge is 0.123 e. The summed E-state index contributed by atoms with van der Waals surface area (Å²) in [6.07, 6.45) is 2.48. The van der Waals surface area contributed by atoms with Gasteiger partial charge in [-0.1, -0.05) is 12.1 Å². The normalized spacial score (nSPS) is 25.1. The number of fused-ring (bicyclic) bond motifs is 3. The average Bonchev–Trinajstić information content (AvgIpc) is 2.78. The number of anilines is 1. The second kappa shape index (κ2) is 5.78. The van der Waals surface area contributed by atoms with Crippen molar-refractivity contribution in [2.75, 3.05) is 30.3 Å². The average molecular weight is 340 g/mol. The lowest BCUT2D eigenvalue weighted by Gasteiger charge is -2.33. The maximum atomic E-state index is 13.3. The second-order valence-corrected chi connectivity index (χ2v) is 8.12. The van der Waals surface area contributed by atoms with E-state index in [0.717, 1.165) is 18.7 Å². The molecule has 124 valence electrons. The minimum Gasteiger partial charge on any atom is -0.367 e. The maximum absolute atomic E-state index is 13.3. The van der Waals surface area contributed by atoms with E-state index >= 15 is 0 Å². The van der Waals surface area contributed by atoms with Crippen molar-refractivity contribution in [1.29, 1.82) is 0 Å². The summed E-state index contributed by atoms with van der Waals surface area (Å²) >= 11 is 1.99. The predicted molar refractivity (Wildman–Crippen MR) is 98.5 cm³/mol. The fraction of sp³-hybridized carbons (Fsp3) is 0.400. The van der Waals surface area contributed by atoms with Gasteiger partial charge in [-0.05, 0) is 66.1 Å². The van der Waals surface area contributed by atoms with E-state index in [1.165, 1.54) is 46.8 Å². The first-order valence-corrected chi connectivity index (χ1v) is 9.84. The van der Waals surface area contributed by atoms with Crippen molar-refractivity contribution >= 4 is 17.4 Å². The van der Waals surface area contributed by atoms with Crippen LogP contribution < -0.4 is 10.2 Å². The van der Waals surface area contributed by atoms with Crippen molar-refractivity contribution in [3.05, 3.63) is 47.8 Å². The fourth-order valence-electron chi connectivity index (χ4n) is 4.53. The molecular weight excluding hydrogens is 319 g/mol. The summed E-state index contributed by atoms with van der Waals surface area (Å²) in [6.45, 7) is 3.38. The Labute approximate surface area is 146 Å². The van der Waals surface area contributed by atoms with Gasteiger partial charge in [-0.25, -0.2) is 4.39 Å². The molecule has 0 unspecified atom stereocenters. The third kappa shape index (κ3) is 2.27. The molecule has 24 heavy (non-hydrogen) atoms. The summed E-state index contributed by atoms with van der Waals surface area (Å²) in [5.74, 6) is 1.60. The van der Waals surface area contributed by atoms with Crippen molar-refractivity contribution in [3.63, 3.8) is 0 Å². The molecule has 0 aliphatic carbocycles. The Balaban J connectivity index is 1.67. The molecular formula is C20H21FN2S. The van der Waals surface area contributed by atoms with E-state index in [9.17, 15) is 4.39 Å². The van der Waals surface area contributed by atoms with Crippen LogP contribution in [0.4, 0.5) is 10.1 Å². The van der Waals surface area contributed by atoms with Crippen LogP contribution in [-0.4, -0.2) is 31.4 Å². The van der Waals surface area contributed by atoms with Gasteiger partial charge in [0.25, 0.3) is 0 Å². The van der Waals surface area contributed by atoms with Crippen LogP contribution in [0.3, 0.4) is 0 Å². The minimum atomic E-state index is -0.171. The van der Waals surface area contributed by atoms with Crippen LogP contribution in [0, 0.1) is 5.82 Å². The Morgan fingerprint density at radius 2 is 2.00 bits per heavy atom. The topological polar surface area (TPSA) is 15.3 Å². The number of piperidine rings is 1. The highest BCUT2D eigenvalue weighted by molar-refractivity contribution is 7.99. The molecule has 0 bridgehead atoms. The molecule has 0 amide bonds. The van der Waals surface area contributed by atoms with Crippen LogP contribution >= 0.6 is 11.8 Å². The molecule has 1 saturated heterocycles. The van der Waals surface area contributed by atoms with Crippen LogP contribution in [0.5, 0.6) is 0 Å². The monoisotopic (exact) mass is 340 g/mol. The van der Waals surface area contributed by atoms with E-state index in [0.29, 0.717) is 12.0 Å². The maximum Gasteiger partial charge on any atom is 0.123 e. The third-order valence-corrected chi connectivity index (χ3v) is 6.73. The Morgan fingerprint density at radius 1 is 1.12 bits per heavy atom. The van der Waals surface area contributed by atoms with Gasteiger partial charge in [0.15, 0.2) is 0 Å². The number of hydrogen-bond donors (Lipinski definition) is 1. The minimum absolute atomic E-state index is 0.171. The van der Waals surface area contributed by atoms with Crippen LogP contribution in [0.15, 0.2) is 41.3 Å². The van der Waals surface area contributed by atoms with Crippen molar-refractivity contribution in [2.24, 2.45) is 0 Å². The number of halogens is 1. The lowest BCUT2D eigenvalue weighted by molar-refractivity contribution is 0.403. The van der Waals surface area contributed by atoms with Crippen LogP contribution in [0.25, 0.3) is 11.1 Å². The zero-order chi connectivity index (χ0) is 16.1. The standard InChI is InChI=1S/C20H21FN2S/c21-15-4-2-13(3-5-15)14-10-16-17-12-22-7-6-18(17)23-8-1-9-24-19(11-14)20(16)23/h2-5,10-11,17-18,22H,1,6-9,12H2/t17-,18-/m1/s1. The third-order valence-electron chi connectivity index (χ3n) is 5.62.